The Bertz CT molecular complexity index is 594. The normalized spacial score (nSPS) is 16.1. The molecule has 0 amide bonds. The van der Waals surface area contributed by atoms with Gasteiger partial charge in [0.1, 0.15) is 5.75 Å². The maximum atomic E-state index is 5.60. The molecule has 26 heavy (non-hydrogen) atoms. The Kier molecular flexibility index (Phi) is 11.1. The van der Waals surface area contributed by atoms with Gasteiger partial charge in [0, 0.05) is 12.1 Å². The Morgan fingerprint density at radius 3 is 2.65 bits per heavy atom. The topological polar surface area (TPSA) is 48.9 Å². The Morgan fingerprint density at radius 2 is 2.00 bits per heavy atom. The van der Waals surface area contributed by atoms with E-state index in [9.17, 15) is 0 Å². The molecule has 2 rings (SSSR count). The molecule has 1 atom stereocenters. The molecule has 1 unspecified atom stereocenters. The Balaban J connectivity index is 0.00000338. The highest BCUT2D eigenvalue weighted by Crippen LogP contribution is 2.31. The molecule has 0 aromatic heterocycles. The summed E-state index contributed by atoms with van der Waals surface area (Å²) in [5.74, 6) is 4.28. The first kappa shape index (κ1) is 22.6. The molecule has 0 radical (unpaired) electrons. The average molecular weight is 470 g/mol. The second kappa shape index (κ2) is 12.8. The molecular weight excluding hydrogens is 439 g/mol. The maximum absolute atomic E-state index is 5.60. The number of piperidine rings is 1. The van der Waals surface area contributed by atoms with Crippen LogP contribution in [-0.2, 0) is 0 Å². The van der Waals surface area contributed by atoms with Gasteiger partial charge in [-0.3, -0.25) is 9.89 Å². The van der Waals surface area contributed by atoms with Gasteiger partial charge in [-0.15, -0.1) is 30.4 Å². The molecule has 144 valence electrons. The number of hydrogen-bond acceptors (Lipinski definition) is 3. The lowest BCUT2D eigenvalue weighted by molar-refractivity contribution is 0.165. The summed E-state index contributed by atoms with van der Waals surface area (Å²) in [7, 11) is 1.73. The van der Waals surface area contributed by atoms with Crippen LogP contribution in [0.3, 0.4) is 0 Å². The van der Waals surface area contributed by atoms with E-state index < -0.39 is 0 Å². The van der Waals surface area contributed by atoms with Crippen molar-refractivity contribution in [3.05, 3.63) is 29.8 Å². The largest absolute Gasteiger partial charge is 0.496 e. The molecule has 6 heteroatoms. The molecule has 0 saturated carbocycles. The number of likely N-dealkylation sites (tertiary alicyclic amines) is 1. The lowest BCUT2D eigenvalue weighted by atomic mass is 10.0. The van der Waals surface area contributed by atoms with E-state index >= 15 is 0 Å². The van der Waals surface area contributed by atoms with Gasteiger partial charge in [-0.1, -0.05) is 30.5 Å². The molecule has 0 bridgehead atoms. The number of para-hydroxylation sites is 1. The smallest absolute Gasteiger partial charge is 0.192 e. The molecular formula is C20H31IN4O. The molecule has 2 N–H and O–H groups in total. The summed E-state index contributed by atoms with van der Waals surface area (Å²) in [4.78, 5) is 7.30. The van der Waals surface area contributed by atoms with Crippen LogP contribution >= 0.6 is 24.0 Å². The highest BCUT2D eigenvalue weighted by molar-refractivity contribution is 14.0. The average Bonchev–Trinajstić information content (AvgIpc) is 2.67. The standard InChI is InChI=1S/C20H30N4O.HI/c1-4-13-22-20(21-5-2)23-16-18(24-14-9-6-10-15-24)17-11-7-8-12-19(17)25-3;/h1,7-8,11-12,18H,5-6,9-10,13-16H2,2-3H3,(H2,21,22,23);1H. The van der Waals surface area contributed by atoms with Crippen LogP contribution in [0.15, 0.2) is 29.3 Å². The fraction of sp³-hybridized carbons (Fsp3) is 0.550. The first-order valence-corrected chi connectivity index (χ1v) is 9.12. The predicted octanol–water partition coefficient (Wildman–Crippen LogP) is 3.03. The number of ether oxygens (including phenoxy) is 1. The van der Waals surface area contributed by atoms with Gasteiger partial charge >= 0.3 is 0 Å². The molecule has 0 spiro atoms. The van der Waals surface area contributed by atoms with Crippen molar-refractivity contribution in [3.63, 3.8) is 0 Å². The molecule has 5 nitrogen and oxygen atoms in total. The third-order valence-corrected chi connectivity index (χ3v) is 4.45. The summed E-state index contributed by atoms with van der Waals surface area (Å²) < 4.78 is 5.60. The molecule has 1 aromatic rings. The van der Waals surface area contributed by atoms with E-state index in [1.165, 1.54) is 24.8 Å². The van der Waals surface area contributed by atoms with E-state index in [4.69, 9.17) is 16.2 Å². The fourth-order valence-corrected chi connectivity index (χ4v) is 3.24. The van der Waals surface area contributed by atoms with E-state index in [-0.39, 0.29) is 30.0 Å². The highest BCUT2D eigenvalue weighted by Gasteiger charge is 2.24. The van der Waals surface area contributed by atoms with Gasteiger partial charge in [-0.2, -0.15) is 0 Å². The third-order valence-electron chi connectivity index (χ3n) is 4.45. The quantitative estimate of drug-likeness (QED) is 0.279. The van der Waals surface area contributed by atoms with Crippen molar-refractivity contribution in [2.45, 2.75) is 32.2 Å². The number of terminal acetylenes is 1. The number of halogens is 1. The van der Waals surface area contributed by atoms with E-state index in [0.717, 1.165) is 31.3 Å². The summed E-state index contributed by atoms with van der Waals surface area (Å²) in [6.45, 7) is 6.20. The van der Waals surface area contributed by atoms with Gasteiger partial charge in [0.2, 0.25) is 0 Å². The summed E-state index contributed by atoms with van der Waals surface area (Å²) in [5.41, 5.74) is 1.20. The van der Waals surface area contributed by atoms with Crippen LogP contribution in [0.25, 0.3) is 0 Å². The van der Waals surface area contributed by atoms with Gasteiger partial charge in [0.05, 0.1) is 26.2 Å². The van der Waals surface area contributed by atoms with Crippen LogP contribution < -0.4 is 15.4 Å². The third kappa shape index (κ3) is 6.69. The Hall–Kier alpha value is -1.46. The van der Waals surface area contributed by atoms with Gasteiger partial charge < -0.3 is 15.4 Å². The van der Waals surface area contributed by atoms with E-state index in [2.05, 4.69) is 40.5 Å². The number of rotatable bonds is 7. The lowest BCUT2D eigenvalue weighted by Gasteiger charge is -2.34. The highest BCUT2D eigenvalue weighted by atomic mass is 127. The number of hydrogen-bond donors (Lipinski definition) is 2. The molecule has 1 fully saturated rings. The Morgan fingerprint density at radius 1 is 1.27 bits per heavy atom. The minimum Gasteiger partial charge on any atom is -0.496 e. The zero-order valence-corrected chi connectivity index (χ0v) is 18.2. The second-order valence-corrected chi connectivity index (χ2v) is 6.13. The molecule has 1 aliphatic rings. The van der Waals surface area contributed by atoms with Crippen LogP contribution in [-0.4, -0.2) is 50.7 Å². The van der Waals surface area contributed by atoms with Crippen LogP contribution in [0.4, 0.5) is 0 Å². The minimum absolute atomic E-state index is 0. The van der Waals surface area contributed by atoms with Crippen LogP contribution in [0.5, 0.6) is 5.75 Å². The zero-order chi connectivity index (χ0) is 17.9. The van der Waals surface area contributed by atoms with Crippen molar-refractivity contribution >= 4 is 29.9 Å². The van der Waals surface area contributed by atoms with Crippen molar-refractivity contribution in [2.24, 2.45) is 4.99 Å². The van der Waals surface area contributed by atoms with Crippen LogP contribution in [0.1, 0.15) is 37.8 Å². The van der Waals surface area contributed by atoms with Gasteiger partial charge in [0.25, 0.3) is 0 Å². The molecule has 0 aliphatic carbocycles. The Labute approximate surface area is 175 Å². The lowest BCUT2D eigenvalue weighted by Crippen LogP contribution is -2.39. The van der Waals surface area contributed by atoms with Crippen LogP contribution in [0.2, 0.25) is 0 Å². The van der Waals surface area contributed by atoms with Gasteiger partial charge in [-0.05, 0) is 38.9 Å². The van der Waals surface area contributed by atoms with Crippen molar-refractivity contribution in [1.82, 2.24) is 15.5 Å². The fourth-order valence-electron chi connectivity index (χ4n) is 3.24. The number of nitrogens with zero attached hydrogens (tertiary/aromatic N) is 2. The first-order chi connectivity index (χ1) is 12.3. The monoisotopic (exact) mass is 470 g/mol. The minimum atomic E-state index is 0. The first-order valence-electron chi connectivity index (χ1n) is 9.12. The molecule has 1 aromatic carbocycles. The van der Waals surface area contributed by atoms with Gasteiger partial charge in [0.15, 0.2) is 5.96 Å². The predicted molar refractivity (Wildman–Crippen MR) is 119 cm³/mol. The number of guanidine groups is 1. The summed E-state index contributed by atoms with van der Waals surface area (Å²) in [6.07, 6.45) is 9.15. The second-order valence-electron chi connectivity index (χ2n) is 6.13. The van der Waals surface area contributed by atoms with E-state index in [1.807, 2.05) is 12.1 Å². The van der Waals surface area contributed by atoms with Crippen molar-refractivity contribution in [1.29, 1.82) is 0 Å². The molecule has 1 heterocycles. The van der Waals surface area contributed by atoms with Crippen molar-refractivity contribution < 1.29 is 4.74 Å². The summed E-state index contributed by atoms with van der Waals surface area (Å²) in [6, 6.07) is 8.46. The number of benzene rings is 1. The number of aliphatic imine (C=N–C) groups is 1. The van der Waals surface area contributed by atoms with Crippen molar-refractivity contribution in [2.75, 3.05) is 39.8 Å². The number of methoxy groups -OCH3 is 1. The van der Waals surface area contributed by atoms with E-state index in [1.54, 1.807) is 7.11 Å². The summed E-state index contributed by atoms with van der Waals surface area (Å²) in [5, 5.41) is 6.41. The van der Waals surface area contributed by atoms with Crippen molar-refractivity contribution in [3.8, 4) is 18.1 Å². The zero-order valence-electron chi connectivity index (χ0n) is 15.8. The van der Waals surface area contributed by atoms with Crippen LogP contribution in [0, 0.1) is 12.3 Å². The maximum Gasteiger partial charge on any atom is 0.192 e. The SMILES string of the molecule is C#CCNC(=NCC(c1ccccc1OC)N1CCCCC1)NCC.I. The number of nitrogens with one attached hydrogen (secondary N) is 2. The van der Waals surface area contributed by atoms with Gasteiger partial charge in [-0.25, -0.2) is 0 Å². The molecule has 1 aliphatic heterocycles. The summed E-state index contributed by atoms with van der Waals surface area (Å²) >= 11 is 0. The van der Waals surface area contributed by atoms with E-state index in [0.29, 0.717) is 13.1 Å². The molecule has 1 saturated heterocycles.